The first kappa shape index (κ1) is 18.2. The van der Waals surface area contributed by atoms with Crippen LogP contribution in [0.25, 0.3) is 32.5 Å². The third-order valence-electron chi connectivity index (χ3n) is 4.75. The number of nitrogen functional groups attached to an aromatic ring is 1. The number of thiazole rings is 1. The van der Waals surface area contributed by atoms with Gasteiger partial charge in [0.05, 0.1) is 15.6 Å². The summed E-state index contributed by atoms with van der Waals surface area (Å²) >= 11 is 1.19. The minimum atomic E-state index is -0.517. The summed E-state index contributed by atoms with van der Waals surface area (Å²) in [6.45, 7) is 0.405. The van der Waals surface area contributed by atoms with Crippen LogP contribution in [0.3, 0.4) is 0 Å². The van der Waals surface area contributed by atoms with Gasteiger partial charge in [-0.3, -0.25) is 4.79 Å². The highest BCUT2D eigenvalue weighted by Crippen LogP contribution is 2.36. The molecule has 148 valence electrons. The summed E-state index contributed by atoms with van der Waals surface area (Å²) in [6, 6.07) is 20.3. The van der Waals surface area contributed by atoms with E-state index in [0.717, 1.165) is 5.56 Å². The van der Waals surface area contributed by atoms with Crippen molar-refractivity contribution in [3.05, 3.63) is 82.5 Å². The van der Waals surface area contributed by atoms with E-state index in [2.05, 4.69) is 4.98 Å². The number of hydrogen-bond donors (Lipinski definition) is 2. The summed E-state index contributed by atoms with van der Waals surface area (Å²) in [4.78, 5) is 17.1. The van der Waals surface area contributed by atoms with Crippen LogP contribution in [-0.2, 0) is 6.61 Å². The Morgan fingerprint density at radius 1 is 1.07 bits per heavy atom. The van der Waals surface area contributed by atoms with Gasteiger partial charge in [-0.1, -0.05) is 53.8 Å². The Morgan fingerprint density at radius 2 is 1.90 bits per heavy atom. The third kappa shape index (κ3) is 3.15. The predicted molar refractivity (Wildman–Crippen MR) is 118 cm³/mol. The Hall–Kier alpha value is -3.84. The minimum Gasteiger partial charge on any atom is -0.502 e. The smallest absolute Gasteiger partial charge is 0.236 e. The van der Waals surface area contributed by atoms with Crippen LogP contribution >= 0.6 is 11.3 Å². The molecule has 0 unspecified atom stereocenters. The SMILES string of the molecule is Nc1nc2ccc3oc(-c4cccc(OCc5ccccc5)c4)c(O)c(=O)c3c2s1. The lowest BCUT2D eigenvalue weighted by Gasteiger charge is -2.09. The van der Waals surface area contributed by atoms with Crippen molar-refractivity contribution in [2.75, 3.05) is 5.73 Å². The van der Waals surface area contributed by atoms with Crippen molar-refractivity contribution in [1.29, 1.82) is 0 Å². The van der Waals surface area contributed by atoms with Crippen LogP contribution in [0.2, 0.25) is 0 Å². The molecule has 0 aliphatic carbocycles. The number of anilines is 1. The fraction of sp³-hybridized carbons (Fsp3) is 0.0435. The van der Waals surface area contributed by atoms with E-state index in [1.54, 1.807) is 30.3 Å². The molecule has 5 aromatic rings. The molecule has 7 heteroatoms. The molecule has 2 heterocycles. The topological polar surface area (TPSA) is 98.6 Å². The Labute approximate surface area is 174 Å². The molecule has 0 atom stereocenters. The first-order valence-electron chi connectivity index (χ1n) is 9.22. The molecule has 0 saturated carbocycles. The van der Waals surface area contributed by atoms with Gasteiger partial charge in [-0.15, -0.1) is 0 Å². The van der Waals surface area contributed by atoms with Gasteiger partial charge in [0.1, 0.15) is 17.9 Å². The third-order valence-corrected chi connectivity index (χ3v) is 5.67. The summed E-state index contributed by atoms with van der Waals surface area (Å²) in [5.74, 6) is 0.237. The molecule has 0 bridgehead atoms. The fourth-order valence-electron chi connectivity index (χ4n) is 3.33. The molecule has 3 N–H and O–H groups in total. The highest BCUT2D eigenvalue weighted by Gasteiger charge is 2.19. The maximum absolute atomic E-state index is 12.9. The number of ether oxygens (including phenoxy) is 1. The van der Waals surface area contributed by atoms with Crippen LogP contribution < -0.4 is 15.9 Å². The van der Waals surface area contributed by atoms with Gasteiger partial charge in [0.15, 0.2) is 10.9 Å². The number of aromatic nitrogens is 1. The van der Waals surface area contributed by atoms with Gasteiger partial charge >= 0.3 is 0 Å². The molecule has 0 radical (unpaired) electrons. The van der Waals surface area contributed by atoms with Crippen LogP contribution in [0, 0.1) is 0 Å². The van der Waals surface area contributed by atoms with Crippen molar-refractivity contribution < 1.29 is 14.3 Å². The fourth-order valence-corrected chi connectivity index (χ4v) is 4.20. The number of nitrogens with zero attached hydrogens (tertiary/aromatic N) is 1. The zero-order chi connectivity index (χ0) is 20.7. The number of aromatic hydroxyl groups is 1. The highest BCUT2D eigenvalue weighted by molar-refractivity contribution is 7.23. The second-order valence-corrected chi connectivity index (χ2v) is 7.78. The number of nitrogens with two attached hydrogens (primary N) is 1. The lowest BCUT2D eigenvalue weighted by molar-refractivity contribution is 0.306. The summed E-state index contributed by atoms with van der Waals surface area (Å²) in [6.07, 6.45) is 0. The van der Waals surface area contributed by atoms with Crippen molar-refractivity contribution in [1.82, 2.24) is 4.98 Å². The van der Waals surface area contributed by atoms with Crippen LogP contribution in [0.1, 0.15) is 5.56 Å². The maximum Gasteiger partial charge on any atom is 0.236 e. The Morgan fingerprint density at radius 3 is 2.73 bits per heavy atom. The van der Waals surface area contributed by atoms with Gasteiger partial charge in [-0.2, -0.15) is 0 Å². The van der Waals surface area contributed by atoms with Crippen LogP contribution in [0.4, 0.5) is 5.13 Å². The quantitative estimate of drug-likeness (QED) is 0.431. The van der Waals surface area contributed by atoms with Crippen LogP contribution in [0.5, 0.6) is 11.5 Å². The predicted octanol–water partition coefficient (Wildman–Crippen LogP) is 4.94. The normalized spacial score (nSPS) is 11.2. The van der Waals surface area contributed by atoms with Crippen molar-refractivity contribution in [3.63, 3.8) is 0 Å². The van der Waals surface area contributed by atoms with Crippen molar-refractivity contribution in [3.8, 4) is 22.8 Å². The molecular weight excluding hydrogens is 400 g/mol. The second kappa shape index (κ2) is 7.20. The average molecular weight is 416 g/mol. The van der Waals surface area contributed by atoms with Gasteiger partial charge in [0, 0.05) is 5.56 Å². The molecule has 0 fully saturated rings. The molecule has 0 spiro atoms. The van der Waals surface area contributed by atoms with Gasteiger partial charge in [0.25, 0.3) is 0 Å². The molecule has 30 heavy (non-hydrogen) atoms. The summed E-state index contributed by atoms with van der Waals surface area (Å²) < 4.78 is 12.4. The Bertz CT molecular complexity index is 1440. The Balaban J connectivity index is 1.57. The molecule has 0 aliphatic heterocycles. The molecule has 2 aromatic heterocycles. The summed E-state index contributed by atoms with van der Waals surface area (Å²) in [5, 5.41) is 11.2. The average Bonchev–Trinajstić information content (AvgIpc) is 3.15. The van der Waals surface area contributed by atoms with Gasteiger partial charge in [-0.25, -0.2) is 4.98 Å². The van der Waals surface area contributed by atoms with Crippen LogP contribution in [-0.4, -0.2) is 10.1 Å². The van der Waals surface area contributed by atoms with E-state index in [4.69, 9.17) is 14.9 Å². The van der Waals surface area contributed by atoms with Crippen LogP contribution in [0.15, 0.2) is 75.9 Å². The summed E-state index contributed by atoms with van der Waals surface area (Å²) in [5.41, 5.74) is 7.80. The molecule has 0 amide bonds. The van der Waals surface area contributed by atoms with Gasteiger partial charge in [-0.05, 0) is 29.8 Å². The minimum absolute atomic E-state index is 0.0921. The molecule has 0 saturated heterocycles. The number of fused-ring (bicyclic) bond motifs is 3. The molecular formula is C23H16N2O4S. The second-order valence-electron chi connectivity index (χ2n) is 6.75. The lowest BCUT2D eigenvalue weighted by Crippen LogP contribution is -2.03. The van der Waals surface area contributed by atoms with E-state index < -0.39 is 11.2 Å². The van der Waals surface area contributed by atoms with E-state index in [0.29, 0.717) is 38.9 Å². The largest absolute Gasteiger partial charge is 0.502 e. The molecule has 3 aromatic carbocycles. The van der Waals surface area contributed by atoms with Crippen molar-refractivity contribution in [2.24, 2.45) is 0 Å². The first-order chi connectivity index (χ1) is 14.6. The summed E-state index contributed by atoms with van der Waals surface area (Å²) in [7, 11) is 0. The van der Waals surface area contributed by atoms with Crippen molar-refractivity contribution in [2.45, 2.75) is 6.61 Å². The molecule has 5 rings (SSSR count). The van der Waals surface area contributed by atoms with E-state index in [1.807, 2.05) is 36.4 Å². The first-order valence-corrected chi connectivity index (χ1v) is 10.0. The monoisotopic (exact) mass is 416 g/mol. The maximum atomic E-state index is 12.9. The number of hydrogen-bond acceptors (Lipinski definition) is 7. The zero-order valence-corrected chi connectivity index (χ0v) is 16.5. The standard InChI is InChI=1S/C23H16N2O4S/c24-23-25-16-9-10-17-18(22(16)30-23)19(26)20(27)21(29-17)14-7-4-8-15(11-14)28-12-13-5-2-1-3-6-13/h1-11,27H,12H2,(H2,24,25). The zero-order valence-electron chi connectivity index (χ0n) is 15.7. The number of benzene rings is 3. The van der Waals surface area contributed by atoms with Gasteiger partial charge < -0.3 is 20.0 Å². The molecule has 6 nitrogen and oxygen atoms in total. The van der Waals surface area contributed by atoms with E-state index in [1.165, 1.54) is 11.3 Å². The van der Waals surface area contributed by atoms with Gasteiger partial charge in [0.2, 0.25) is 11.2 Å². The van der Waals surface area contributed by atoms with E-state index >= 15 is 0 Å². The Kier molecular flexibility index (Phi) is 4.37. The number of rotatable bonds is 4. The highest BCUT2D eigenvalue weighted by atomic mass is 32.1. The van der Waals surface area contributed by atoms with Crippen molar-refractivity contribution >= 4 is 37.7 Å². The lowest BCUT2D eigenvalue weighted by atomic mass is 10.1. The molecule has 0 aliphatic rings. The van der Waals surface area contributed by atoms with E-state index in [9.17, 15) is 9.90 Å². The van der Waals surface area contributed by atoms with E-state index in [-0.39, 0.29) is 11.1 Å².